The van der Waals surface area contributed by atoms with E-state index in [2.05, 4.69) is 9.97 Å². The fourth-order valence-corrected chi connectivity index (χ4v) is 3.09. The highest BCUT2D eigenvalue weighted by Crippen LogP contribution is 2.29. The molecule has 1 aliphatic heterocycles. The predicted octanol–water partition coefficient (Wildman–Crippen LogP) is 2.98. The molecular formula is C12H8ClFN2OS. The summed E-state index contributed by atoms with van der Waals surface area (Å²) in [7, 11) is 0. The summed E-state index contributed by atoms with van der Waals surface area (Å²) in [5.41, 5.74) is 1.45. The van der Waals surface area contributed by atoms with Crippen molar-refractivity contribution in [3.05, 3.63) is 50.7 Å². The van der Waals surface area contributed by atoms with E-state index in [0.717, 1.165) is 5.69 Å². The van der Waals surface area contributed by atoms with Crippen LogP contribution in [-0.2, 0) is 11.5 Å². The number of hydrogen-bond acceptors (Lipinski definition) is 3. The molecule has 0 spiro atoms. The van der Waals surface area contributed by atoms with E-state index in [1.165, 1.54) is 6.07 Å². The number of aromatic nitrogens is 2. The van der Waals surface area contributed by atoms with Crippen LogP contribution in [0.3, 0.4) is 0 Å². The van der Waals surface area contributed by atoms with Gasteiger partial charge in [0.05, 0.1) is 16.3 Å². The Hall–Kier alpha value is -1.33. The van der Waals surface area contributed by atoms with Gasteiger partial charge in [-0.3, -0.25) is 4.79 Å². The molecule has 2 aromatic rings. The molecule has 18 heavy (non-hydrogen) atoms. The fourth-order valence-electron chi connectivity index (χ4n) is 1.88. The van der Waals surface area contributed by atoms with Crippen molar-refractivity contribution in [1.82, 2.24) is 9.97 Å². The molecular weight excluding hydrogens is 275 g/mol. The van der Waals surface area contributed by atoms with Crippen LogP contribution in [-0.4, -0.2) is 9.97 Å². The lowest BCUT2D eigenvalue weighted by molar-refractivity contribution is 0.630. The fraction of sp³-hybridized carbons (Fsp3) is 0.167. The van der Waals surface area contributed by atoms with Gasteiger partial charge in [-0.1, -0.05) is 17.7 Å². The minimum absolute atomic E-state index is 0.0185. The summed E-state index contributed by atoms with van der Waals surface area (Å²) in [6.45, 7) is 0. The molecule has 1 aliphatic rings. The SMILES string of the molecule is O=c1[nH]c(-c2cccc(Cl)c2F)nc2c1CSC2. The average Bonchev–Trinajstić information content (AvgIpc) is 2.81. The smallest absolute Gasteiger partial charge is 0.255 e. The standard InChI is InChI=1S/C12H8ClFN2OS/c13-8-3-1-2-6(10(8)14)11-15-9-5-18-4-7(9)12(17)16-11/h1-3H,4-5H2,(H,15,16,17). The molecule has 0 fully saturated rings. The Bertz CT molecular complexity index is 686. The number of halogens is 2. The van der Waals surface area contributed by atoms with Crippen molar-refractivity contribution in [3.8, 4) is 11.4 Å². The summed E-state index contributed by atoms with van der Waals surface area (Å²) in [4.78, 5) is 18.8. The van der Waals surface area contributed by atoms with Gasteiger partial charge in [-0.15, -0.1) is 0 Å². The summed E-state index contributed by atoms with van der Waals surface area (Å²) in [6, 6.07) is 4.64. The lowest BCUT2D eigenvalue weighted by atomic mass is 10.2. The molecule has 0 bridgehead atoms. The molecule has 0 saturated carbocycles. The third-order valence-corrected chi connectivity index (χ3v) is 4.06. The van der Waals surface area contributed by atoms with Gasteiger partial charge in [-0.2, -0.15) is 11.8 Å². The van der Waals surface area contributed by atoms with E-state index in [0.29, 0.717) is 17.1 Å². The number of thioether (sulfide) groups is 1. The lowest BCUT2D eigenvalue weighted by Crippen LogP contribution is -2.15. The number of fused-ring (bicyclic) bond motifs is 1. The van der Waals surface area contributed by atoms with Crippen LogP contribution < -0.4 is 5.56 Å². The van der Waals surface area contributed by atoms with E-state index in [1.54, 1.807) is 23.9 Å². The molecule has 3 rings (SSSR count). The van der Waals surface area contributed by atoms with Crippen LogP contribution in [0.1, 0.15) is 11.3 Å². The van der Waals surface area contributed by atoms with Crippen molar-refractivity contribution in [2.45, 2.75) is 11.5 Å². The van der Waals surface area contributed by atoms with E-state index in [-0.39, 0.29) is 22.0 Å². The normalized spacial score (nSPS) is 13.7. The summed E-state index contributed by atoms with van der Waals surface area (Å²) in [5, 5.41) is 0.0185. The zero-order valence-corrected chi connectivity index (χ0v) is 10.7. The van der Waals surface area contributed by atoms with Gasteiger partial charge in [0.1, 0.15) is 5.82 Å². The van der Waals surface area contributed by atoms with Crippen molar-refractivity contribution in [2.75, 3.05) is 0 Å². The van der Waals surface area contributed by atoms with Crippen LogP contribution in [0.25, 0.3) is 11.4 Å². The monoisotopic (exact) mass is 282 g/mol. The average molecular weight is 283 g/mol. The van der Waals surface area contributed by atoms with Crippen LogP contribution >= 0.6 is 23.4 Å². The molecule has 6 heteroatoms. The molecule has 0 aliphatic carbocycles. The topological polar surface area (TPSA) is 45.8 Å². The summed E-state index contributed by atoms with van der Waals surface area (Å²) < 4.78 is 13.9. The van der Waals surface area contributed by atoms with Crippen molar-refractivity contribution >= 4 is 23.4 Å². The maximum atomic E-state index is 13.9. The molecule has 1 aromatic heterocycles. The van der Waals surface area contributed by atoms with Gasteiger partial charge in [0, 0.05) is 17.1 Å². The first-order chi connectivity index (χ1) is 8.66. The molecule has 2 heterocycles. The van der Waals surface area contributed by atoms with Crippen molar-refractivity contribution < 1.29 is 4.39 Å². The Morgan fingerprint density at radius 3 is 3.06 bits per heavy atom. The quantitative estimate of drug-likeness (QED) is 0.875. The zero-order chi connectivity index (χ0) is 12.7. The number of H-pyrrole nitrogens is 1. The Kier molecular flexibility index (Phi) is 2.87. The number of rotatable bonds is 1. The Labute approximate surface area is 111 Å². The summed E-state index contributed by atoms with van der Waals surface area (Å²) in [5.74, 6) is 1.03. The molecule has 1 aromatic carbocycles. The second-order valence-corrected chi connectivity index (χ2v) is 5.33. The molecule has 3 nitrogen and oxygen atoms in total. The van der Waals surface area contributed by atoms with Crippen LogP contribution in [0, 0.1) is 5.82 Å². The second kappa shape index (κ2) is 4.40. The van der Waals surface area contributed by atoms with Crippen LogP contribution in [0.15, 0.2) is 23.0 Å². The highest BCUT2D eigenvalue weighted by molar-refractivity contribution is 7.98. The molecule has 0 amide bonds. The maximum Gasteiger partial charge on any atom is 0.255 e. The van der Waals surface area contributed by atoms with E-state index in [9.17, 15) is 9.18 Å². The Balaban J connectivity index is 2.21. The van der Waals surface area contributed by atoms with Crippen molar-refractivity contribution in [2.24, 2.45) is 0 Å². The number of benzene rings is 1. The largest absolute Gasteiger partial charge is 0.306 e. The summed E-state index contributed by atoms with van der Waals surface area (Å²) >= 11 is 7.35. The minimum Gasteiger partial charge on any atom is -0.306 e. The lowest BCUT2D eigenvalue weighted by Gasteiger charge is -2.05. The number of aromatic amines is 1. The van der Waals surface area contributed by atoms with Gasteiger partial charge in [-0.25, -0.2) is 9.37 Å². The van der Waals surface area contributed by atoms with Gasteiger partial charge in [0.25, 0.3) is 5.56 Å². The van der Waals surface area contributed by atoms with Gasteiger partial charge in [-0.05, 0) is 12.1 Å². The first-order valence-electron chi connectivity index (χ1n) is 5.31. The number of nitrogens with one attached hydrogen (secondary N) is 1. The Morgan fingerprint density at radius 1 is 1.39 bits per heavy atom. The first-order valence-corrected chi connectivity index (χ1v) is 6.84. The highest BCUT2D eigenvalue weighted by atomic mass is 35.5. The van der Waals surface area contributed by atoms with E-state index >= 15 is 0 Å². The van der Waals surface area contributed by atoms with E-state index < -0.39 is 5.82 Å². The molecule has 0 unspecified atom stereocenters. The molecule has 0 radical (unpaired) electrons. The highest BCUT2D eigenvalue weighted by Gasteiger charge is 2.19. The van der Waals surface area contributed by atoms with Crippen LogP contribution in [0.5, 0.6) is 0 Å². The van der Waals surface area contributed by atoms with Gasteiger partial charge >= 0.3 is 0 Å². The first kappa shape index (κ1) is 11.7. The maximum absolute atomic E-state index is 13.9. The summed E-state index contributed by atoms with van der Waals surface area (Å²) in [6.07, 6.45) is 0. The molecule has 0 atom stereocenters. The predicted molar refractivity (Wildman–Crippen MR) is 70.3 cm³/mol. The number of hydrogen-bond donors (Lipinski definition) is 1. The molecule has 0 saturated heterocycles. The van der Waals surface area contributed by atoms with Gasteiger partial charge < -0.3 is 4.98 Å². The third-order valence-electron chi connectivity index (χ3n) is 2.79. The van der Waals surface area contributed by atoms with E-state index in [4.69, 9.17) is 11.6 Å². The van der Waals surface area contributed by atoms with Crippen molar-refractivity contribution in [1.29, 1.82) is 0 Å². The number of nitrogens with zero attached hydrogens (tertiary/aromatic N) is 1. The van der Waals surface area contributed by atoms with E-state index in [1.807, 2.05) is 0 Å². The third kappa shape index (κ3) is 1.83. The van der Waals surface area contributed by atoms with Gasteiger partial charge in [0.15, 0.2) is 5.82 Å². The van der Waals surface area contributed by atoms with Crippen LogP contribution in [0.2, 0.25) is 5.02 Å². The molecule has 1 N–H and O–H groups in total. The van der Waals surface area contributed by atoms with Gasteiger partial charge in [0.2, 0.25) is 0 Å². The minimum atomic E-state index is -0.562. The van der Waals surface area contributed by atoms with Crippen molar-refractivity contribution in [3.63, 3.8) is 0 Å². The Morgan fingerprint density at radius 2 is 2.22 bits per heavy atom. The second-order valence-electron chi connectivity index (χ2n) is 3.93. The zero-order valence-electron chi connectivity index (χ0n) is 9.17. The molecule has 92 valence electrons. The van der Waals surface area contributed by atoms with Crippen LogP contribution in [0.4, 0.5) is 4.39 Å².